The largest absolute Gasteiger partial charge is 0.314 e. The maximum Gasteiger partial charge on any atom is 0.150 e. The van der Waals surface area contributed by atoms with E-state index in [-0.39, 0.29) is 0 Å². The van der Waals surface area contributed by atoms with Crippen LogP contribution in [-0.2, 0) is 9.84 Å². The Kier molecular flexibility index (Phi) is 5.06. The van der Waals surface area contributed by atoms with Gasteiger partial charge in [-0.25, -0.2) is 8.42 Å². The molecule has 0 aliphatic carbocycles. The van der Waals surface area contributed by atoms with Crippen LogP contribution in [0.3, 0.4) is 0 Å². The van der Waals surface area contributed by atoms with Crippen LogP contribution in [0, 0.1) is 11.3 Å². The Morgan fingerprint density at radius 1 is 1.27 bits per heavy atom. The molecule has 0 atom stereocenters. The van der Waals surface area contributed by atoms with Crippen molar-refractivity contribution in [3.8, 4) is 6.07 Å². The third-order valence-electron chi connectivity index (χ3n) is 2.70. The molecule has 0 saturated carbocycles. The summed E-state index contributed by atoms with van der Waals surface area (Å²) in [6, 6.07) is 2.47. The molecule has 15 heavy (non-hydrogen) atoms. The summed E-state index contributed by atoms with van der Waals surface area (Å²) in [5, 5.41) is 11.7. The van der Waals surface area contributed by atoms with Gasteiger partial charge < -0.3 is 5.32 Å². The first-order valence-corrected chi connectivity index (χ1v) is 7.27. The first-order valence-electron chi connectivity index (χ1n) is 5.45. The highest BCUT2D eigenvalue weighted by Gasteiger charge is 2.22. The van der Waals surface area contributed by atoms with E-state index in [1.165, 1.54) is 0 Å². The summed E-state index contributed by atoms with van der Waals surface area (Å²) in [5.74, 6) is 0.645. The van der Waals surface area contributed by atoms with E-state index in [0.29, 0.717) is 24.0 Å². The second-order valence-corrected chi connectivity index (χ2v) is 6.30. The van der Waals surface area contributed by atoms with E-state index >= 15 is 0 Å². The predicted molar refractivity (Wildman–Crippen MR) is 59.1 cm³/mol. The van der Waals surface area contributed by atoms with Crippen LogP contribution in [0.5, 0.6) is 0 Å². The number of nitrogens with one attached hydrogen (secondary N) is 1. The molecular formula is C10H18N2O2S. The highest BCUT2D eigenvalue weighted by Crippen LogP contribution is 2.12. The van der Waals surface area contributed by atoms with Gasteiger partial charge in [0.1, 0.15) is 9.84 Å². The fourth-order valence-electron chi connectivity index (χ4n) is 1.73. The van der Waals surface area contributed by atoms with Gasteiger partial charge in [-0.05, 0) is 32.2 Å². The Morgan fingerprint density at radius 3 is 2.53 bits per heavy atom. The summed E-state index contributed by atoms with van der Waals surface area (Å²) < 4.78 is 22.3. The minimum atomic E-state index is -2.74. The van der Waals surface area contributed by atoms with Gasteiger partial charge in [-0.3, -0.25) is 0 Å². The number of rotatable bonds is 5. The topological polar surface area (TPSA) is 70.0 Å². The Morgan fingerprint density at radius 2 is 1.93 bits per heavy atom. The van der Waals surface area contributed by atoms with Gasteiger partial charge in [0.05, 0.1) is 17.6 Å². The SMILES string of the molecule is N#CCCCCNC1CCS(=O)(=O)CC1. The molecule has 1 N–H and O–H groups in total. The number of sulfone groups is 1. The molecule has 1 aliphatic heterocycles. The van der Waals surface area contributed by atoms with Crippen LogP contribution in [-0.4, -0.2) is 32.5 Å². The van der Waals surface area contributed by atoms with E-state index in [2.05, 4.69) is 11.4 Å². The summed E-state index contributed by atoms with van der Waals surface area (Å²) >= 11 is 0. The summed E-state index contributed by atoms with van der Waals surface area (Å²) in [6.07, 6.45) is 4.01. The van der Waals surface area contributed by atoms with Gasteiger partial charge in [0.25, 0.3) is 0 Å². The number of unbranched alkanes of at least 4 members (excludes halogenated alkanes) is 2. The van der Waals surface area contributed by atoms with Crippen molar-refractivity contribution in [2.45, 2.75) is 38.1 Å². The molecular weight excluding hydrogens is 212 g/mol. The highest BCUT2D eigenvalue weighted by atomic mass is 32.2. The van der Waals surface area contributed by atoms with Crippen LogP contribution in [0.1, 0.15) is 32.1 Å². The van der Waals surface area contributed by atoms with Crippen molar-refractivity contribution >= 4 is 9.84 Å². The highest BCUT2D eigenvalue weighted by molar-refractivity contribution is 7.91. The number of hydrogen-bond donors (Lipinski definition) is 1. The second kappa shape index (κ2) is 6.09. The lowest BCUT2D eigenvalue weighted by molar-refractivity contribution is 0.457. The summed E-state index contributed by atoms with van der Waals surface area (Å²) in [5.41, 5.74) is 0. The molecule has 4 nitrogen and oxygen atoms in total. The van der Waals surface area contributed by atoms with Gasteiger partial charge >= 0.3 is 0 Å². The van der Waals surface area contributed by atoms with Gasteiger partial charge in [-0.2, -0.15) is 5.26 Å². The molecule has 0 bridgehead atoms. The molecule has 0 unspecified atom stereocenters. The minimum absolute atomic E-state index is 0.322. The van der Waals surface area contributed by atoms with E-state index in [4.69, 9.17) is 5.26 Å². The average Bonchev–Trinajstić information content (AvgIpc) is 2.20. The smallest absolute Gasteiger partial charge is 0.150 e. The first kappa shape index (κ1) is 12.5. The Balaban J connectivity index is 2.07. The number of hydrogen-bond acceptors (Lipinski definition) is 4. The molecule has 1 fully saturated rings. The first-order chi connectivity index (χ1) is 7.14. The van der Waals surface area contributed by atoms with Gasteiger partial charge in [0, 0.05) is 12.5 Å². The van der Waals surface area contributed by atoms with E-state index in [0.717, 1.165) is 32.2 Å². The lowest BCUT2D eigenvalue weighted by atomic mass is 10.1. The van der Waals surface area contributed by atoms with E-state index in [1.54, 1.807) is 0 Å². The second-order valence-electron chi connectivity index (χ2n) is 4.00. The third kappa shape index (κ3) is 5.14. The van der Waals surface area contributed by atoms with E-state index < -0.39 is 9.84 Å². The molecule has 1 heterocycles. The lowest BCUT2D eigenvalue weighted by Gasteiger charge is -2.22. The zero-order valence-corrected chi connectivity index (χ0v) is 9.72. The van der Waals surface area contributed by atoms with Gasteiger partial charge in [0.2, 0.25) is 0 Å². The van der Waals surface area contributed by atoms with Crippen LogP contribution in [0.2, 0.25) is 0 Å². The van der Waals surface area contributed by atoms with Crippen LogP contribution in [0.25, 0.3) is 0 Å². The Bertz CT molecular complexity index is 305. The Hall–Kier alpha value is -0.600. The molecule has 0 radical (unpaired) electrons. The minimum Gasteiger partial charge on any atom is -0.314 e. The van der Waals surface area contributed by atoms with Crippen molar-refractivity contribution in [2.24, 2.45) is 0 Å². The lowest BCUT2D eigenvalue weighted by Crippen LogP contribution is -2.37. The molecule has 0 aromatic carbocycles. The predicted octanol–water partition coefficient (Wildman–Crippen LogP) is 0.847. The fraction of sp³-hybridized carbons (Fsp3) is 0.900. The monoisotopic (exact) mass is 230 g/mol. The van der Waals surface area contributed by atoms with Crippen LogP contribution >= 0.6 is 0 Å². The van der Waals surface area contributed by atoms with Crippen molar-refractivity contribution in [3.63, 3.8) is 0 Å². The molecule has 0 amide bonds. The van der Waals surface area contributed by atoms with E-state index in [9.17, 15) is 8.42 Å². The molecule has 1 aliphatic rings. The molecule has 1 rings (SSSR count). The van der Waals surface area contributed by atoms with Crippen molar-refractivity contribution in [2.75, 3.05) is 18.1 Å². The van der Waals surface area contributed by atoms with Crippen LogP contribution in [0.15, 0.2) is 0 Å². The summed E-state index contributed by atoms with van der Waals surface area (Å²) in [4.78, 5) is 0. The maximum atomic E-state index is 11.1. The van der Waals surface area contributed by atoms with Gasteiger partial charge in [0.15, 0.2) is 0 Å². The number of nitriles is 1. The molecule has 0 aromatic rings. The summed E-state index contributed by atoms with van der Waals surface area (Å²) in [7, 11) is -2.74. The average molecular weight is 230 g/mol. The fourth-order valence-corrected chi connectivity index (χ4v) is 3.22. The Labute approximate surface area is 91.6 Å². The molecule has 0 spiro atoms. The van der Waals surface area contributed by atoms with Crippen molar-refractivity contribution in [1.82, 2.24) is 5.32 Å². The van der Waals surface area contributed by atoms with Crippen LogP contribution in [0.4, 0.5) is 0 Å². The van der Waals surface area contributed by atoms with Crippen molar-refractivity contribution < 1.29 is 8.42 Å². The van der Waals surface area contributed by atoms with Crippen molar-refractivity contribution in [3.05, 3.63) is 0 Å². The van der Waals surface area contributed by atoms with E-state index in [1.807, 2.05) is 0 Å². The van der Waals surface area contributed by atoms with Crippen molar-refractivity contribution in [1.29, 1.82) is 5.26 Å². The molecule has 1 saturated heterocycles. The molecule has 5 heteroatoms. The van der Waals surface area contributed by atoms with Crippen LogP contribution < -0.4 is 5.32 Å². The normalized spacial score (nSPS) is 21.0. The quantitative estimate of drug-likeness (QED) is 0.711. The third-order valence-corrected chi connectivity index (χ3v) is 4.42. The van der Waals surface area contributed by atoms with Gasteiger partial charge in [-0.1, -0.05) is 0 Å². The van der Waals surface area contributed by atoms with Gasteiger partial charge in [-0.15, -0.1) is 0 Å². The summed E-state index contributed by atoms with van der Waals surface area (Å²) in [6.45, 7) is 0.895. The zero-order valence-electron chi connectivity index (χ0n) is 8.91. The maximum absolute atomic E-state index is 11.1. The molecule has 86 valence electrons. The zero-order chi connectivity index (χ0) is 11.1. The molecule has 0 aromatic heterocycles. The number of nitrogens with zero attached hydrogens (tertiary/aromatic N) is 1. The standard InChI is InChI=1S/C10H18N2O2S/c11-6-2-1-3-7-12-10-4-8-15(13,14)9-5-10/h10,12H,1-5,7-9H2.